The normalized spacial score (nSPS) is 16.3. The topological polar surface area (TPSA) is 103 Å². The number of carbonyl (C=O) groups is 3. The first kappa shape index (κ1) is 24.5. The van der Waals surface area contributed by atoms with Gasteiger partial charge in [0.25, 0.3) is 5.91 Å². The molecule has 35 heavy (non-hydrogen) atoms. The van der Waals surface area contributed by atoms with Gasteiger partial charge in [0.2, 0.25) is 12.0 Å². The molecule has 8 nitrogen and oxygen atoms in total. The number of halogens is 1. The third-order valence-corrected chi connectivity index (χ3v) is 6.29. The van der Waals surface area contributed by atoms with Crippen molar-refractivity contribution in [2.24, 2.45) is 5.92 Å². The monoisotopic (exact) mass is 484 g/mol. The summed E-state index contributed by atoms with van der Waals surface area (Å²) in [6.07, 6.45) is 3.93. The lowest BCUT2D eigenvalue weighted by Crippen LogP contribution is -2.33. The van der Waals surface area contributed by atoms with Gasteiger partial charge in [-0.1, -0.05) is 25.0 Å². The van der Waals surface area contributed by atoms with Crippen molar-refractivity contribution in [3.63, 3.8) is 0 Å². The van der Waals surface area contributed by atoms with Gasteiger partial charge < -0.3 is 24.8 Å². The molecule has 2 fully saturated rings. The Bertz CT molecular complexity index is 1090. The van der Waals surface area contributed by atoms with Crippen LogP contribution in [-0.2, 0) is 14.3 Å². The minimum absolute atomic E-state index is 0.0142. The van der Waals surface area contributed by atoms with E-state index in [0.29, 0.717) is 11.3 Å². The van der Waals surface area contributed by atoms with Gasteiger partial charge in [0.15, 0.2) is 11.5 Å². The fourth-order valence-electron chi connectivity index (χ4n) is 4.16. The smallest absolute Gasteiger partial charge is 0.341 e. The van der Waals surface area contributed by atoms with Crippen LogP contribution in [0.1, 0.15) is 60.6 Å². The third kappa shape index (κ3) is 5.90. The largest absolute Gasteiger partial charge is 0.493 e. The summed E-state index contributed by atoms with van der Waals surface area (Å²) in [4.78, 5) is 39.1. The highest BCUT2D eigenvalue weighted by Gasteiger charge is 2.32. The van der Waals surface area contributed by atoms with Crippen molar-refractivity contribution in [2.45, 2.75) is 50.7 Å². The zero-order valence-corrected chi connectivity index (χ0v) is 19.8. The van der Waals surface area contributed by atoms with Crippen LogP contribution in [0.15, 0.2) is 36.4 Å². The lowest BCUT2D eigenvalue weighted by Gasteiger charge is -2.20. The fourth-order valence-corrected chi connectivity index (χ4v) is 4.16. The van der Waals surface area contributed by atoms with Crippen molar-refractivity contribution in [1.29, 1.82) is 0 Å². The molecule has 2 aromatic rings. The highest BCUT2D eigenvalue weighted by molar-refractivity contribution is 6.03. The van der Waals surface area contributed by atoms with Crippen LogP contribution in [0.25, 0.3) is 0 Å². The molecule has 2 N–H and O–H groups in total. The molecule has 0 spiro atoms. The summed E-state index contributed by atoms with van der Waals surface area (Å²) in [5.74, 6) is -1.55. The Balaban J connectivity index is 1.64. The molecule has 0 bridgehead atoms. The van der Waals surface area contributed by atoms with Gasteiger partial charge in [0, 0.05) is 29.7 Å². The number of nitrogens with one attached hydrogen (secondary N) is 2. The maximum Gasteiger partial charge on any atom is 0.341 e. The molecule has 0 aliphatic heterocycles. The number of amides is 2. The van der Waals surface area contributed by atoms with E-state index in [9.17, 15) is 18.8 Å². The molecule has 2 amide bonds. The summed E-state index contributed by atoms with van der Waals surface area (Å²) >= 11 is 0. The van der Waals surface area contributed by atoms with Crippen LogP contribution in [-0.4, -0.2) is 38.0 Å². The second-order valence-corrected chi connectivity index (χ2v) is 8.84. The van der Waals surface area contributed by atoms with Gasteiger partial charge >= 0.3 is 5.97 Å². The van der Waals surface area contributed by atoms with Crippen LogP contribution in [0.4, 0.5) is 10.1 Å². The van der Waals surface area contributed by atoms with Gasteiger partial charge in [-0.15, -0.1) is 0 Å². The van der Waals surface area contributed by atoms with E-state index in [1.165, 1.54) is 50.6 Å². The second kappa shape index (κ2) is 10.8. The predicted octanol–water partition coefficient (Wildman–Crippen LogP) is 4.15. The lowest BCUT2D eigenvalue weighted by molar-refractivity contribution is -0.130. The first-order chi connectivity index (χ1) is 16.9. The average molecular weight is 485 g/mol. The van der Waals surface area contributed by atoms with E-state index in [1.807, 2.05) is 0 Å². The Morgan fingerprint density at radius 1 is 0.943 bits per heavy atom. The van der Waals surface area contributed by atoms with Gasteiger partial charge in [-0.3, -0.25) is 9.59 Å². The first-order valence-electron chi connectivity index (χ1n) is 11.7. The molecular formula is C26H29FN2O6. The van der Waals surface area contributed by atoms with E-state index in [2.05, 4.69) is 10.6 Å². The summed E-state index contributed by atoms with van der Waals surface area (Å²) < 4.78 is 29.8. The van der Waals surface area contributed by atoms with Gasteiger partial charge in [0.1, 0.15) is 5.82 Å². The number of hydrogen-bond donors (Lipinski definition) is 2. The molecule has 2 aliphatic rings. The minimum Gasteiger partial charge on any atom is -0.493 e. The van der Waals surface area contributed by atoms with E-state index in [4.69, 9.17) is 14.2 Å². The number of methoxy groups -OCH3 is 2. The molecule has 2 saturated carbocycles. The molecule has 0 heterocycles. The summed E-state index contributed by atoms with van der Waals surface area (Å²) in [5.41, 5.74) is 0.542. The summed E-state index contributed by atoms with van der Waals surface area (Å²) in [7, 11) is 2.87. The standard InChI is InChI=1S/C26H29FN2O6/c1-33-21-13-19(20(14-22(21)34-2)29-24(30)16-5-3-4-6-16)26(32)35-23(25(31)28-18-11-12-18)15-7-9-17(27)10-8-15/h7-10,13-14,16,18,23H,3-6,11-12H2,1-2H3,(H,28,31)(H,29,30). The predicted molar refractivity (Wildman–Crippen MR) is 126 cm³/mol. The van der Waals surface area contributed by atoms with Crippen molar-refractivity contribution < 1.29 is 33.0 Å². The Morgan fingerprint density at radius 3 is 2.17 bits per heavy atom. The number of benzene rings is 2. The van der Waals surface area contributed by atoms with E-state index in [0.717, 1.165) is 38.5 Å². The van der Waals surface area contributed by atoms with Crippen molar-refractivity contribution in [3.8, 4) is 11.5 Å². The molecule has 1 unspecified atom stereocenters. The van der Waals surface area contributed by atoms with Gasteiger partial charge in [-0.2, -0.15) is 0 Å². The van der Waals surface area contributed by atoms with Crippen LogP contribution in [0.5, 0.6) is 11.5 Å². The van der Waals surface area contributed by atoms with E-state index < -0.39 is 23.8 Å². The molecule has 9 heteroatoms. The average Bonchev–Trinajstić information content (AvgIpc) is 3.49. The van der Waals surface area contributed by atoms with Gasteiger partial charge in [0.05, 0.1) is 25.5 Å². The van der Waals surface area contributed by atoms with Crippen LogP contribution in [0.3, 0.4) is 0 Å². The molecule has 1 atom stereocenters. The summed E-state index contributed by atoms with van der Waals surface area (Å²) in [6.45, 7) is 0. The molecule has 0 saturated heterocycles. The molecule has 2 aliphatic carbocycles. The molecule has 2 aromatic carbocycles. The van der Waals surface area contributed by atoms with Crippen LogP contribution in [0.2, 0.25) is 0 Å². The Hall–Kier alpha value is -3.62. The van der Waals surface area contributed by atoms with Crippen molar-refractivity contribution in [3.05, 3.63) is 53.3 Å². The lowest BCUT2D eigenvalue weighted by atomic mass is 10.1. The number of ether oxygens (including phenoxy) is 3. The number of carbonyl (C=O) groups excluding carboxylic acids is 3. The SMILES string of the molecule is COc1cc(NC(=O)C2CCCC2)c(C(=O)OC(C(=O)NC2CC2)c2ccc(F)cc2)cc1OC. The molecule has 0 radical (unpaired) electrons. The Morgan fingerprint density at radius 2 is 1.57 bits per heavy atom. The third-order valence-electron chi connectivity index (χ3n) is 6.29. The van der Waals surface area contributed by atoms with E-state index in [-0.39, 0.29) is 34.9 Å². The molecule has 0 aromatic heterocycles. The quantitative estimate of drug-likeness (QED) is 0.519. The van der Waals surface area contributed by atoms with Crippen LogP contribution < -0.4 is 20.1 Å². The van der Waals surface area contributed by atoms with Gasteiger partial charge in [-0.05, 0) is 37.8 Å². The van der Waals surface area contributed by atoms with Crippen molar-refractivity contribution in [2.75, 3.05) is 19.5 Å². The van der Waals surface area contributed by atoms with E-state index >= 15 is 0 Å². The van der Waals surface area contributed by atoms with Crippen LogP contribution >= 0.6 is 0 Å². The van der Waals surface area contributed by atoms with Gasteiger partial charge in [-0.25, -0.2) is 9.18 Å². The highest BCUT2D eigenvalue weighted by atomic mass is 19.1. The molecule has 4 rings (SSSR count). The maximum absolute atomic E-state index is 13.5. The van der Waals surface area contributed by atoms with E-state index in [1.54, 1.807) is 0 Å². The van der Waals surface area contributed by atoms with Crippen molar-refractivity contribution in [1.82, 2.24) is 5.32 Å². The maximum atomic E-state index is 13.5. The second-order valence-electron chi connectivity index (χ2n) is 8.84. The first-order valence-corrected chi connectivity index (χ1v) is 11.7. The number of esters is 1. The zero-order valence-electron chi connectivity index (χ0n) is 19.8. The zero-order chi connectivity index (χ0) is 24.9. The molecular weight excluding hydrogens is 455 g/mol. The molecule has 186 valence electrons. The number of anilines is 1. The summed E-state index contributed by atoms with van der Waals surface area (Å²) in [5, 5.41) is 5.65. The number of rotatable bonds is 9. The van der Waals surface area contributed by atoms with Crippen molar-refractivity contribution >= 4 is 23.5 Å². The highest BCUT2D eigenvalue weighted by Crippen LogP contribution is 2.36. The number of hydrogen-bond acceptors (Lipinski definition) is 6. The Kier molecular flexibility index (Phi) is 7.53. The van der Waals surface area contributed by atoms with Crippen LogP contribution in [0, 0.1) is 11.7 Å². The fraction of sp³-hybridized carbons (Fsp3) is 0.423. The Labute approximate surface area is 203 Å². The summed E-state index contributed by atoms with van der Waals surface area (Å²) in [6, 6.07) is 8.14. The minimum atomic E-state index is -1.30.